The van der Waals surface area contributed by atoms with E-state index >= 15 is 0 Å². The number of nitrogens with zero attached hydrogens (tertiary/aromatic N) is 1. The maximum atomic E-state index is 12.2. The second-order valence-corrected chi connectivity index (χ2v) is 6.82. The minimum atomic E-state index is -1.33. The van der Waals surface area contributed by atoms with Gasteiger partial charge < -0.3 is 14.6 Å². The third-order valence-corrected chi connectivity index (χ3v) is 4.76. The largest absolute Gasteiger partial charge is 0.548 e. The summed E-state index contributed by atoms with van der Waals surface area (Å²) in [7, 11) is 0. The van der Waals surface area contributed by atoms with Crippen molar-refractivity contribution < 1.29 is 19.4 Å². The van der Waals surface area contributed by atoms with E-state index in [4.69, 9.17) is 17.0 Å². The molecule has 5 nitrogen and oxygen atoms in total. The molecule has 1 atom stereocenters. The number of hydrogen-bond acceptors (Lipinski definition) is 6. The molecule has 0 spiro atoms. The molecule has 1 aromatic carbocycles. The Bertz CT molecular complexity index is 713. The van der Waals surface area contributed by atoms with Crippen LogP contribution in [0.5, 0.6) is 5.75 Å². The Morgan fingerprint density at radius 3 is 3.09 bits per heavy atom. The lowest BCUT2D eigenvalue weighted by molar-refractivity contribution is -0.305. The molecule has 0 aromatic heterocycles. The van der Waals surface area contributed by atoms with Gasteiger partial charge in [-0.25, -0.2) is 0 Å². The highest BCUT2D eigenvalue weighted by molar-refractivity contribution is 8.26. The SMILES string of the molecule is C[C@H]1Cc2cc(/C=C3/SC(=S)N(CC(=O)[O-])C3=O)ccc2O1. The van der Waals surface area contributed by atoms with Gasteiger partial charge in [-0.05, 0) is 36.3 Å². The molecule has 22 heavy (non-hydrogen) atoms. The number of carboxylic acid groups (broad SMARTS) is 1. The van der Waals surface area contributed by atoms with E-state index in [0.717, 1.165) is 40.0 Å². The minimum absolute atomic E-state index is 0.159. The summed E-state index contributed by atoms with van der Waals surface area (Å²) in [6.45, 7) is 1.49. The van der Waals surface area contributed by atoms with E-state index in [-0.39, 0.29) is 10.4 Å². The van der Waals surface area contributed by atoms with E-state index in [9.17, 15) is 14.7 Å². The summed E-state index contributed by atoms with van der Waals surface area (Å²) in [6.07, 6.45) is 2.71. The fraction of sp³-hybridized carbons (Fsp3) is 0.267. The maximum Gasteiger partial charge on any atom is 0.266 e. The summed E-state index contributed by atoms with van der Waals surface area (Å²) in [6, 6.07) is 5.72. The van der Waals surface area contributed by atoms with Crippen molar-refractivity contribution in [3.8, 4) is 5.75 Å². The van der Waals surface area contributed by atoms with Crippen molar-refractivity contribution in [2.45, 2.75) is 19.4 Å². The summed E-state index contributed by atoms with van der Waals surface area (Å²) in [5.41, 5.74) is 1.97. The van der Waals surface area contributed by atoms with Crippen LogP contribution in [0.25, 0.3) is 6.08 Å². The molecule has 0 unspecified atom stereocenters. The first-order valence-corrected chi connectivity index (χ1v) is 7.91. The Kier molecular flexibility index (Phi) is 3.92. The number of thiocarbonyl (C=S) groups is 1. The molecule has 0 radical (unpaired) electrons. The van der Waals surface area contributed by atoms with Crippen LogP contribution in [0, 0.1) is 0 Å². The first-order valence-electron chi connectivity index (χ1n) is 6.69. The number of amides is 1. The number of carbonyl (C=O) groups is 2. The number of rotatable bonds is 3. The predicted molar refractivity (Wildman–Crippen MR) is 85.1 cm³/mol. The molecule has 7 heteroatoms. The molecule has 3 rings (SSSR count). The van der Waals surface area contributed by atoms with E-state index in [1.165, 1.54) is 0 Å². The van der Waals surface area contributed by atoms with Crippen molar-refractivity contribution in [1.29, 1.82) is 0 Å². The van der Waals surface area contributed by atoms with Gasteiger partial charge in [0.25, 0.3) is 5.91 Å². The zero-order valence-corrected chi connectivity index (χ0v) is 13.3. The van der Waals surface area contributed by atoms with Crippen LogP contribution in [0.4, 0.5) is 0 Å². The van der Waals surface area contributed by atoms with Crippen molar-refractivity contribution in [1.82, 2.24) is 4.90 Å². The Morgan fingerprint density at radius 1 is 1.59 bits per heavy atom. The number of carboxylic acids is 1. The predicted octanol–water partition coefficient (Wildman–Crippen LogP) is 0.961. The fourth-order valence-electron chi connectivity index (χ4n) is 2.45. The summed E-state index contributed by atoms with van der Waals surface area (Å²) in [5, 5.41) is 10.7. The van der Waals surface area contributed by atoms with Gasteiger partial charge in [0.2, 0.25) is 0 Å². The molecule has 1 saturated heterocycles. The van der Waals surface area contributed by atoms with Gasteiger partial charge in [0.05, 0.1) is 17.4 Å². The van der Waals surface area contributed by atoms with Crippen molar-refractivity contribution in [3.05, 3.63) is 34.2 Å². The van der Waals surface area contributed by atoms with Crippen LogP contribution in [0.2, 0.25) is 0 Å². The van der Waals surface area contributed by atoms with Gasteiger partial charge in [-0.3, -0.25) is 9.69 Å². The molecular weight excluding hydrogens is 322 g/mol. The van der Waals surface area contributed by atoms with Crippen LogP contribution in [-0.2, 0) is 16.0 Å². The van der Waals surface area contributed by atoms with Crippen molar-refractivity contribution in [2.75, 3.05) is 6.54 Å². The molecule has 1 fully saturated rings. The zero-order valence-electron chi connectivity index (χ0n) is 11.7. The number of ether oxygens (including phenoxy) is 1. The number of benzene rings is 1. The smallest absolute Gasteiger partial charge is 0.266 e. The van der Waals surface area contributed by atoms with Crippen molar-refractivity contribution in [2.24, 2.45) is 0 Å². The topological polar surface area (TPSA) is 69.7 Å². The van der Waals surface area contributed by atoms with E-state index in [1.807, 2.05) is 25.1 Å². The lowest BCUT2D eigenvalue weighted by Crippen LogP contribution is -2.40. The van der Waals surface area contributed by atoms with Gasteiger partial charge in [-0.15, -0.1) is 0 Å². The Morgan fingerprint density at radius 2 is 2.36 bits per heavy atom. The zero-order chi connectivity index (χ0) is 15.9. The molecule has 2 aliphatic rings. The monoisotopic (exact) mass is 334 g/mol. The number of carbonyl (C=O) groups excluding carboxylic acids is 2. The third-order valence-electron chi connectivity index (χ3n) is 3.38. The Balaban J connectivity index is 1.84. The second-order valence-electron chi connectivity index (χ2n) is 5.14. The van der Waals surface area contributed by atoms with Crippen LogP contribution in [0.1, 0.15) is 18.1 Å². The average molecular weight is 334 g/mol. The second kappa shape index (κ2) is 5.73. The van der Waals surface area contributed by atoms with Crippen LogP contribution >= 0.6 is 24.0 Å². The molecule has 1 amide bonds. The number of hydrogen-bond donors (Lipinski definition) is 0. The quantitative estimate of drug-likeness (QED) is 0.606. The molecule has 1 aromatic rings. The molecular formula is C15H12NO4S2-. The van der Waals surface area contributed by atoms with Crippen LogP contribution in [-0.4, -0.2) is 33.7 Å². The van der Waals surface area contributed by atoms with Gasteiger partial charge in [-0.2, -0.15) is 0 Å². The van der Waals surface area contributed by atoms with E-state index in [2.05, 4.69) is 0 Å². The normalized spacial score (nSPS) is 22.1. The average Bonchev–Trinajstić information content (AvgIpc) is 2.92. The van der Waals surface area contributed by atoms with Crippen molar-refractivity contribution >= 4 is 46.3 Å². The summed E-state index contributed by atoms with van der Waals surface area (Å²) < 4.78 is 5.87. The molecule has 2 aliphatic heterocycles. The molecule has 114 valence electrons. The number of thioether (sulfide) groups is 1. The summed E-state index contributed by atoms with van der Waals surface area (Å²) >= 11 is 6.14. The molecule has 2 heterocycles. The Labute approximate surface area is 136 Å². The Hall–Kier alpha value is -1.86. The molecule has 0 bridgehead atoms. The van der Waals surface area contributed by atoms with Gasteiger partial charge in [0.1, 0.15) is 16.2 Å². The summed E-state index contributed by atoms with van der Waals surface area (Å²) in [5.74, 6) is -0.861. The minimum Gasteiger partial charge on any atom is -0.548 e. The lowest BCUT2D eigenvalue weighted by Gasteiger charge is -2.14. The molecule has 0 aliphatic carbocycles. The van der Waals surface area contributed by atoms with Crippen molar-refractivity contribution in [3.63, 3.8) is 0 Å². The van der Waals surface area contributed by atoms with E-state index < -0.39 is 18.4 Å². The first kappa shape index (κ1) is 15.1. The highest BCUT2D eigenvalue weighted by atomic mass is 32.2. The molecule has 0 N–H and O–H groups in total. The van der Waals surface area contributed by atoms with Crippen LogP contribution in [0.15, 0.2) is 23.1 Å². The van der Waals surface area contributed by atoms with Crippen LogP contribution < -0.4 is 9.84 Å². The standard InChI is InChI=1S/C15H13NO4S2/c1-8-4-10-5-9(2-3-11(10)20-8)6-12-14(19)16(7-13(17)18)15(21)22-12/h2-3,5-6,8H,4,7H2,1H3,(H,17,18)/p-1/b12-6+/t8-/m0/s1. The fourth-order valence-corrected chi connectivity index (χ4v) is 3.70. The van der Waals surface area contributed by atoms with Gasteiger partial charge in [0, 0.05) is 6.42 Å². The van der Waals surface area contributed by atoms with Gasteiger partial charge >= 0.3 is 0 Å². The number of aliphatic carboxylic acids is 1. The van der Waals surface area contributed by atoms with E-state index in [1.54, 1.807) is 6.08 Å². The highest BCUT2D eigenvalue weighted by Gasteiger charge is 2.32. The van der Waals surface area contributed by atoms with Crippen LogP contribution in [0.3, 0.4) is 0 Å². The summed E-state index contributed by atoms with van der Waals surface area (Å²) in [4.78, 5) is 24.3. The first-order chi connectivity index (χ1) is 10.4. The van der Waals surface area contributed by atoms with E-state index in [0.29, 0.717) is 4.91 Å². The van der Waals surface area contributed by atoms with Gasteiger partial charge in [-0.1, -0.05) is 30.0 Å². The lowest BCUT2D eigenvalue weighted by atomic mass is 10.1. The van der Waals surface area contributed by atoms with Gasteiger partial charge in [0.15, 0.2) is 0 Å². The third kappa shape index (κ3) is 2.86. The maximum absolute atomic E-state index is 12.2. The highest BCUT2D eigenvalue weighted by Crippen LogP contribution is 2.34. The molecule has 0 saturated carbocycles. The number of fused-ring (bicyclic) bond motifs is 1.